The van der Waals surface area contributed by atoms with Gasteiger partial charge in [0.2, 0.25) is 0 Å². The number of likely N-dealkylation sites (tertiary alicyclic amines) is 1. The zero-order valence-corrected chi connectivity index (χ0v) is 17.4. The van der Waals surface area contributed by atoms with Crippen LogP contribution in [0.5, 0.6) is 11.5 Å². The van der Waals surface area contributed by atoms with E-state index in [0.717, 1.165) is 12.8 Å². The number of nitrogens with zero attached hydrogens (tertiary/aromatic N) is 2. The van der Waals surface area contributed by atoms with Gasteiger partial charge in [-0.15, -0.1) is 0 Å². The summed E-state index contributed by atoms with van der Waals surface area (Å²) in [6.45, 7) is 1.12. The number of likely N-dealkylation sites (N-methyl/N-ethyl adjacent to an activating group) is 1. The Hall–Kier alpha value is -3.35. The number of amides is 2. The molecule has 0 N–H and O–H groups in total. The highest BCUT2D eigenvalue weighted by molar-refractivity contribution is 6.01. The van der Waals surface area contributed by atoms with Gasteiger partial charge in [0.05, 0.1) is 17.7 Å². The minimum absolute atomic E-state index is 0.00680. The van der Waals surface area contributed by atoms with E-state index < -0.39 is 5.60 Å². The number of ketones is 1. The molecule has 0 saturated carbocycles. The van der Waals surface area contributed by atoms with Crippen molar-refractivity contribution in [2.24, 2.45) is 0 Å². The van der Waals surface area contributed by atoms with Crippen LogP contribution in [0.15, 0.2) is 42.5 Å². The van der Waals surface area contributed by atoms with Gasteiger partial charge >= 0.3 is 0 Å². The zero-order chi connectivity index (χ0) is 21.6. The van der Waals surface area contributed by atoms with E-state index in [0.29, 0.717) is 54.2 Å². The molecule has 3 aliphatic heterocycles. The Kier molecular flexibility index (Phi) is 4.68. The van der Waals surface area contributed by atoms with Crippen molar-refractivity contribution in [3.63, 3.8) is 0 Å². The van der Waals surface area contributed by atoms with Gasteiger partial charge in [-0.25, -0.2) is 0 Å². The van der Waals surface area contributed by atoms with Crippen LogP contribution in [0.25, 0.3) is 0 Å². The minimum Gasteiger partial charge on any atom is -0.486 e. The number of para-hydroxylation sites is 1. The largest absolute Gasteiger partial charge is 0.486 e. The number of benzene rings is 2. The number of fused-ring (bicyclic) bond motifs is 2. The third-order valence-corrected chi connectivity index (χ3v) is 6.47. The maximum atomic E-state index is 13.2. The molecule has 0 aromatic heterocycles. The van der Waals surface area contributed by atoms with Crippen molar-refractivity contribution in [1.29, 1.82) is 0 Å². The van der Waals surface area contributed by atoms with Crippen LogP contribution in [0.1, 0.15) is 46.4 Å². The van der Waals surface area contributed by atoms with Gasteiger partial charge in [-0.3, -0.25) is 14.4 Å². The van der Waals surface area contributed by atoms with E-state index in [1.807, 2.05) is 23.1 Å². The van der Waals surface area contributed by atoms with Crippen LogP contribution in [0.4, 0.5) is 5.69 Å². The van der Waals surface area contributed by atoms with E-state index in [9.17, 15) is 14.4 Å². The molecule has 2 aromatic carbocycles. The van der Waals surface area contributed by atoms with Crippen LogP contribution in [0.2, 0.25) is 0 Å². The van der Waals surface area contributed by atoms with Gasteiger partial charge in [-0.1, -0.05) is 12.1 Å². The Morgan fingerprint density at radius 2 is 1.87 bits per heavy atom. The molecule has 1 fully saturated rings. The molecule has 5 rings (SSSR count). The van der Waals surface area contributed by atoms with E-state index in [1.54, 1.807) is 31.3 Å². The van der Waals surface area contributed by atoms with Crippen molar-refractivity contribution >= 4 is 23.3 Å². The molecule has 1 atom stereocenters. The number of hydrogen-bond donors (Lipinski definition) is 0. The molecule has 31 heavy (non-hydrogen) atoms. The third-order valence-electron chi connectivity index (χ3n) is 6.47. The van der Waals surface area contributed by atoms with Crippen molar-refractivity contribution in [3.8, 4) is 11.5 Å². The Morgan fingerprint density at radius 3 is 2.74 bits per heavy atom. The molecule has 2 aromatic rings. The Morgan fingerprint density at radius 1 is 1.03 bits per heavy atom. The average molecular weight is 420 g/mol. The van der Waals surface area contributed by atoms with Crippen LogP contribution >= 0.6 is 0 Å². The van der Waals surface area contributed by atoms with E-state index in [1.165, 1.54) is 4.90 Å². The number of rotatable bonds is 1. The molecular weight excluding hydrogens is 396 g/mol. The van der Waals surface area contributed by atoms with Gasteiger partial charge < -0.3 is 19.3 Å². The second kappa shape index (κ2) is 7.41. The number of carbonyl (C=O) groups is 3. The molecule has 3 heterocycles. The highest BCUT2D eigenvalue weighted by Gasteiger charge is 2.42. The molecule has 2 amide bonds. The van der Waals surface area contributed by atoms with Crippen molar-refractivity contribution in [3.05, 3.63) is 53.6 Å². The summed E-state index contributed by atoms with van der Waals surface area (Å²) >= 11 is 0. The summed E-state index contributed by atoms with van der Waals surface area (Å²) < 4.78 is 11.8. The van der Waals surface area contributed by atoms with Gasteiger partial charge in [0.25, 0.3) is 11.8 Å². The van der Waals surface area contributed by atoms with Gasteiger partial charge in [-0.05, 0) is 43.2 Å². The molecule has 1 saturated heterocycles. The Balaban J connectivity index is 1.34. The molecule has 1 spiro atoms. The lowest BCUT2D eigenvalue weighted by molar-refractivity contribution is -0.121. The van der Waals surface area contributed by atoms with E-state index in [2.05, 4.69) is 0 Å². The number of carbonyl (C=O) groups excluding carboxylic acids is 3. The van der Waals surface area contributed by atoms with Crippen LogP contribution in [0.3, 0.4) is 0 Å². The molecule has 0 radical (unpaired) electrons. The molecule has 1 unspecified atom stereocenters. The quantitative estimate of drug-likeness (QED) is 0.709. The van der Waals surface area contributed by atoms with Crippen LogP contribution in [0, 0.1) is 0 Å². The standard InChI is InChI=1S/C24H24N2O5/c1-25-18-13-16(7-8-21(18)30-15-22(25)28)23(29)26-11-4-9-24(10-12-26)14-19(27)17-5-2-3-6-20(17)31-24/h2-3,5-8,13H,4,9-12,14-15H2,1H3. The first kappa shape index (κ1) is 19.6. The lowest BCUT2D eigenvalue weighted by Gasteiger charge is -2.37. The number of Topliss-reactive ketones (excluding diaryl/α,β-unsaturated/α-hetero) is 1. The SMILES string of the molecule is CN1C(=O)COc2ccc(C(=O)N3CCCC4(CC3)CC(=O)c3ccccc3O4)cc21. The smallest absolute Gasteiger partial charge is 0.264 e. The lowest BCUT2D eigenvalue weighted by atomic mass is 9.84. The van der Waals surface area contributed by atoms with Gasteiger partial charge in [0.15, 0.2) is 12.4 Å². The summed E-state index contributed by atoms with van der Waals surface area (Å²) in [4.78, 5) is 41.2. The van der Waals surface area contributed by atoms with E-state index >= 15 is 0 Å². The monoisotopic (exact) mass is 420 g/mol. The summed E-state index contributed by atoms with van der Waals surface area (Å²) in [7, 11) is 1.68. The lowest BCUT2D eigenvalue weighted by Crippen LogP contribution is -2.43. The third kappa shape index (κ3) is 3.44. The molecule has 160 valence electrons. The highest BCUT2D eigenvalue weighted by atomic mass is 16.5. The second-order valence-electron chi connectivity index (χ2n) is 8.45. The number of anilines is 1. The van der Waals surface area contributed by atoms with Crippen molar-refractivity contribution in [1.82, 2.24) is 4.90 Å². The topological polar surface area (TPSA) is 76.2 Å². The number of hydrogen-bond acceptors (Lipinski definition) is 5. The van der Waals surface area contributed by atoms with E-state index in [-0.39, 0.29) is 24.2 Å². The first-order chi connectivity index (χ1) is 15.0. The normalized spacial score (nSPS) is 22.9. The van der Waals surface area contributed by atoms with Crippen molar-refractivity contribution < 1.29 is 23.9 Å². The maximum Gasteiger partial charge on any atom is 0.264 e. The molecule has 3 aliphatic rings. The fraction of sp³-hybridized carbons (Fsp3) is 0.375. The molecule has 0 bridgehead atoms. The summed E-state index contributed by atoms with van der Waals surface area (Å²) in [5.41, 5.74) is 1.20. The van der Waals surface area contributed by atoms with Crippen LogP contribution in [-0.4, -0.2) is 54.8 Å². The van der Waals surface area contributed by atoms with Crippen LogP contribution < -0.4 is 14.4 Å². The molecule has 0 aliphatic carbocycles. The number of ether oxygens (including phenoxy) is 2. The average Bonchev–Trinajstić information content (AvgIpc) is 2.98. The summed E-state index contributed by atoms with van der Waals surface area (Å²) in [5.74, 6) is 1.10. The predicted octanol–water partition coefficient (Wildman–Crippen LogP) is 3.07. The minimum atomic E-state index is -0.559. The Labute approximate surface area is 180 Å². The highest BCUT2D eigenvalue weighted by Crippen LogP contribution is 2.39. The van der Waals surface area contributed by atoms with Crippen LogP contribution in [-0.2, 0) is 4.79 Å². The molecule has 7 heteroatoms. The first-order valence-corrected chi connectivity index (χ1v) is 10.6. The molecule has 7 nitrogen and oxygen atoms in total. The first-order valence-electron chi connectivity index (χ1n) is 10.6. The summed E-state index contributed by atoms with van der Waals surface area (Å²) in [6, 6.07) is 12.6. The summed E-state index contributed by atoms with van der Waals surface area (Å²) in [5, 5.41) is 0. The fourth-order valence-corrected chi connectivity index (χ4v) is 4.68. The fourth-order valence-electron chi connectivity index (χ4n) is 4.68. The summed E-state index contributed by atoms with van der Waals surface area (Å²) in [6.07, 6.45) is 2.43. The predicted molar refractivity (Wildman–Crippen MR) is 114 cm³/mol. The van der Waals surface area contributed by atoms with Gasteiger partial charge in [0.1, 0.15) is 17.1 Å². The zero-order valence-electron chi connectivity index (χ0n) is 17.4. The maximum absolute atomic E-state index is 13.2. The van der Waals surface area contributed by atoms with Gasteiger partial charge in [-0.2, -0.15) is 0 Å². The second-order valence-corrected chi connectivity index (χ2v) is 8.45. The van der Waals surface area contributed by atoms with Crippen molar-refractivity contribution in [2.45, 2.75) is 31.3 Å². The van der Waals surface area contributed by atoms with E-state index in [4.69, 9.17) is 9.47 Å². The Bertz CT molecular complexity index is 1080. The molecular formula is C24H24N2O5. The van der Waals surface area contributed by atoms with Gasteiger partial charge in [0, 0.05) is 32.1 Å². The van der Waals surface area contributed by atoms with Crippen molar-refractivity contribution in [2.75, 3.05) is 31.6 Å².